The van der Waals surface area contributed by atoms with Gasteiger partial charge in [-0.1, -0.05) is 11.6 Å². The molecular weight excluding hydrogens is 399 g/mol. The minimum absolute atomic E-state index is 0.136. The summed E-state index contributed by atoms with van der Waals surface area (Å²) in [4.78, 5) is 27.1. The van der Waals surface area contributed by atoms with E-state index in [1.165, 1.54) is 26.4 Å². The van der Waals surface area contributed by atoms with Gasteiger partial charge in [-0.25, -0.2) is 4.39 Å². The predicted molar refractivity (Wildman–Crippen MR) is 108 cm³/mol. The number of hydrogen-bond acceptors (Lipinski definition) is 4. The maximum absolute atomic E-state index is 13.1. The number of rotatable bonds is 5. The summed E-state index contributed by atoms with van der Waals surface area (Å²) in [6.45, 7) is 0.904. The van der Waals surface area contributed by atoms with Gasteiger partial charge in [0, 0.05) is 30.6 Å². The Morgan fingerprint density at radius 2 is 1.69 bits per heavy atom. The van der Waals surface area contributed by atoms with Crippen LogP contribution in [0.5, 0.6) is 11.5 Å². The summed E-state index contributed by atoms with van der Waals surface area (Å²) >= 11 is 5.97. The molecule has 1 fully saturated rings. The van der Waals surface area contributed by atoms with Crippen molar-refractivity contribution in [3.05, 3.63) is 52.8 Å². The van der Waals surface area contributed by atoms with Crippen LogP contribution in [0, 0.1) is 11.7 Å². The lowest BCUT2D eigenvalue weighted by Gasteiger charge is -2.31. The summed E-state index contributed by atoms with van der Waals surface area (Å²) in [6, 6.07) is 8.87. The highest BCUT2D eigenvalue weighted by Gasteiger charge is 2.28. The molecule has 0 aliphatic carbocycles. The van der Waals surface area contributed by atoms with Gasteiger partial charge in [0.2, 0.25) is 5.91 Å². The van der Waals surface area contributed by atoms with E-state index in [0.29, 0.717) is 48.7 Å². The first kappa shape index (κ1) is 20.9. The van der Waals surface area contributed by atoms with Crippen LogP contribution in [0.4, 0.5) is 10.1 Å². The van der Waals surface area contributed by atoms with Crippen LogP contribution < -0.4 is 14.8 Å². The van der Waals surface area contributed by atoms with E-state index in [1.807, 2.05) is 0 Å². The molecule has 1 saturated heterocycles. The van der Waals surface area contributed by atoms with E-state index in [4.69, 9.17) is 21.1 Å². The van der Waals surface area contributed by atoms with Crippen molar-refractivity contribution in [3.8, 4) is 11.5 Å². The first-order chi connectivity index (χ1) is 13.9. The van der Waals surface area contributed by atoms with Crippen molar-refractivity contribution < 1.29 is 23.5 Å². The fraction of sp³-hybridized carbons (Fsp3) is 0.333. The number of anilines is 1. The molecule has 0 aromatic heterocycles. The Morgan fingerprint density at radius 3 is 2.24 bits per heavy atom. The average molecular weight is 421 g/mol. The van der Waals surface area contributed by atoms with E-state index < -0.39 is 5.82 Å². The number of methoxy groups -OCH3 is 2. The topological polar surface area (TPSA) is 67.9 Å². The number of ether oxygens (including phenoxy) is 2. The third-order valence-corrected chi connectivity index (χ3v) is 5.25. The molecule has 0 saturated carbocycles. The van der Waals surface area contributed by atoms with Gasteiger partial charge in [0.15, 0.2) is 0 Å². The normalized spacial score (nSPS) is 14.4. The summed E-state index contributed by atoms with van der Waals surface area (Å²) in [5.41, 5.74) is 0.849. The van der Waals surface area contributed by atoms with E-state index in [9.17, 15) is 14.0 Å². The van der Waals surface area contributed by atoms with E-state index in [2.05, 4.69) is 5.32 Å². The quantitative estimate of drug-likeness (QED) is 0.794. The van der Waals surface area contributed by atoms with Crippen molar-refractivity contribution in [2.45, 2.75) is 12.8 Å². The highest BCUT2D eigenvalue weighted by molar-refractivity contribution is 6.33. The Bertz CT molecular complexity index is 891. The van der Waals surface area contributed by atoms with Gasteiger partial charge in [0.05, 0.1) is 24.9 Å². The Kier molecular flexibility index (Phi) is 6.59. The Labute approximate surface area is 173 Å². The largest absolute Gasteiger partial charge is 0.497 e. The van der Waals surface area contributed by atoms with Gasteiger partial charge in [0.25, 0.3) is 5.91 Å². The SMILES string of the molecule is COc1cc(OC)cc(C(=O)N2CCC(C(=O)Nc3ccc(F)cc3Cl)CC2)c1. The van der Waals surface area contributed by atoms with Gasteiger partial charge in [-0.15, -0.1) is 0 Å². The van der Waals surface area contributed by atoms with Crippen molar-refractivity contribution in [2.24, 2.45) is 5.92 Å². The van der Waals surface area contributed by atoms with Crippen LogP contribution in [0.3, 0.4) is 0 Å². The van der Waals surface area contributed by atoms with Crippen molar-refractivity contribution in [2.75, 3.05) is 32.6 Å². The number of carbonyl (C=O) groups is 2. The summed E-state index contributed by atoms with van der Waals surface area (Å²) in [6.07, 6.45) is 1.05. The number of benzene rings is 2. The van der Waals surface area contributed by atoms with Crippen molar-refractivity contribution in [1.82, 2.24) is 4.90 Å². The Balaban J connectivity index is 1.61. The van der Waals surface area contributed by atoms with Crippen molar-refractivity contribution in [3.63, 3.8) is 0 Å². The van der Waals surface area contributed by atoms with Gasteiger partial charge < -0.3 is 19.7 Å². The standard InChI is InChI=1S/C21H22ClFN2O4/c1-28-16-9-14(10-17(12-16)29-2)21(27)25-7-5-13(6-8-25)20(26)24-19-4-3-15(23)11-18(19)22/h3-4,9-13H,5-8H2,1-2H3,(H,24,26). The summed E-state index contributed by atoms with van der Waals surface area (Å²) < 4.78 is 23.6. The lowest BCUT2D eigenvalue weighted by atomic mass is 9.95. The molecule has 3 rings (SSSR count). The third-order valence-electron chi connectivity index (χ3n) is 4.94. The molecule has 29 heavy (non-hydrogen) atoms. The summed E-state index contributed by atoms with van der Waals surface area (Å²) in [7, 11) is 3.06. The summed E-state index contributed by atoms with van der Waals surface area (Å²) in [5, 5.41) is 2.89. The van der Waals surface area contributed by atoms with Gasteiger partial charge in [-0.05, 0) is 43.2 Å². The van der Waals surface area contributed by atoms with Crippen molar-refractivity contribution in [1.29, 1.82) is 0 Å². The number of nitrogens with zero attached hydrogens (tertiary/aromatic N) is 1. The van der Waals surface area contributed by atoms with Crippen LogP contribution in [0.15, 0.2) is 36.4 Å². The molecule has 2 amide bonds. The highest BCUT2D eigenvalue weighted by Crippen LogP contribution is 2.27. The molecule has 0 spiro atoms. The van der Waals surface area contributed by atoms with Gasteiger partial charge in [0.1, 0.15) is 17.3 Å². The number of nitrogens with one attached hydrogen (secondary N) is 1. The molecule has 1 aliphatic rings. The molecular formula is C21H22ClFN2O4. The van der Waals surface area contributed by atoms with Crippen LogP contribution in [0.1, 0.15) is 23.2 Å². The van der Waals surface area contributed by atoms with Crippen LogP contribution in [0.2, 0.25) is 5.02 Å². The summed E-state index contributed by atoms with van der Waals surface area (Å²) in [5.74, 6) is 0.0431. The zero-order valence-corrected chi connectivity index (χ0v) is 17.0. The minimum atomic E-state index is -0.464. The van der Waals surface area contributed by atoms with Gasteiger partial charge in [-0.2, -0.15) is 0 Å². The van der Waals surface area contributed by atoms with E-state index >= 15 is 0 Å². The predicted octanol–water partition coefficient (Wildman–Crippen LogP) is 3.99. The fourth-order valence-corrected chi connectivity index (χ4v) is 3.50. The fourth-order valence-electron chi connectivity index (χ4n) is 3.28. The number of likely N-dealkylation sites (tertiary alicyclic amines) is 1. The highest BCUT2D eigenvalue weighted by atomic mass is 35.5. The van der Waals surface area contributed by atoms with E-state index in [-0.39, 0.29) is 22.8 Å². The maximum Gasteiger partial charge on any atom is 0.254 e. The molecule has 8 heteroatoms. The second-order valence-electron chi connectivity index (χ2n) is 6.78. The number of carbonyl (C=O) groups excluding carboxylic acids is 2. The Hall–Kier alpha value is -2.80. The zero-order chi connectivity index (χ0) is 21.0. The Morgan fingerprint density at radius 1 is 1.07 bits per heavy atom. The zero-order valence-electron chi connectivity index (χ0n) is 16.2. The lowest BCUT2D eigenvalue weighted by molar-refractivity contribution is -0.121. The molecule has 0 bridgehead atoms. The van der Waals surface area contributed by atoms with Gasteiger partial charge >= 0.3 is 0 Å². The number of halogens is 2. The molecule has 154 valence electrons. The monoisotopic (exact) mass is 420 g/mol. The number of amides is 2. The van der Waals surface area contributed by atoms with E-state index in [0.717, 1.165) is 6.07 Å². The molecule has 0 atom stereocenters. The minimum Gasteiger partial charge on any atom is -0.497 e. The van der Waals surface area contributed by atoms with Crippen molar-refractivity contribution >= 4 is 29.1 Å². The second kappa shape index (κ2) is 9.13. The average Bonchev–Trinajstić information content (AvgIpc) is 2.74. The van der Waals surface area contributed by atoms with Gasteiger partial charge in [-0.3, -0.25) is 9.59 Å². The van der Waals surface area contributed by atoms with Crippen LogP contribution in [-0.4, -0.2) is 44.0 Å². The molecule has 1 N–H and O–H groups in total. The smallest absolute Gasteiger partial charge is 0.254 e. The van der Waals surface area contributed by atoms with E-state index in [1.54, 1.807) is 23.1 Å². The third kappa shape index (κ3) is 4.98. The molecule has 1 aliphatic heterocycles. The number of piperidine rings is 1. The molecule has 6 nitrogen and oxygen atoms in total. The first-order valence-corrected chi connectivity index (χ1v) is 9.57. The number of hydrogen-bond donors (Lipinski definition) is 1. The molecule has 0 radical (unpaired) electrons. The molecule has 2 aromatic carbocycles. The molecule has 1 heterocycles. The van der Waals surface area contributed by atoms with Crippen LogP contribution in [-0.2, 0) is 4.79 Å². The van der Waals surface area contributed by atoms with Crippen LogP contribution in [0.25, 0.3) is 0 Å². The first-order valence-electron chi connectivity index (χ1n) is 9.19. The van der Waals surface area contributed by atoms with Crippen LogP contribution >= 0.6 is 11.6 Å². The maximum atomic E-state index is 13.1. The molecule has 2 aromatic rings. The second-order valence-corrected chi connectivity index (χ2v) is 7.19. The lowest BCUT2D eigenvalue weighted by Crippen LogP contribution is -2.41. The molecule has 0 unspecified atom stereocenters.